The second-order valence-electron chi connectivity index (χ2n) is 7.60. The van der Waals surface area contributed by atoms with Crippen LogP contribution < -0.4 is 9.64 Å². The molecule has 0 saturated carbocycles. The van der Waals surface area contributed by atoms with Crippen molar-refractivity contribution in [3.05, 3.63) is 41.3 Å². The second-order valence-corrected chi connectivity index (χ2v) is 9.01. The first-order valence-electron chi connectivity index (χ1n) is 11.1. The van der Waals surface area contributed by atoms with E-state index in [0.717, 1.165) is 11.3 Å². The van der Waals surface area contributed by atoms with Crippen molar-refractivity contribution in [3.8, 4) is 18.1 Å². The number of ether oxygens (including phenoxy) is 1. The van der Waals surface area contributed by atoms with Gasteiger partial charge in [-0.25, -0.2) is 4.98 Å². The first-order chi connectivity index (χ1) is 16.4. The Morgan fingerprint density at radius 1 is 1.35 bits per heavy atom. The number of amides is 2. The van der Waals surface area contributed by atoms with Crippen LogP contribution in [0.25, 0.3) is 0 Å². The number of carbonyl (C=O) groups is 2. The van der Waals surface area contributed by atoms with E-state index in [1.807, 2.05) is 31.2 Å². The van der Waals surface area contributed by atoms with Crippen molar-refractivity contribution in [2.75, 3.05) is 44.9 Å². The van der Waals surface area contributed by atoms with Crippen LogP contribution in [-0.4, -0.2) is 72.1 Å². The van der Waals surface area contributed by atoms with E-state index < -0.39 is 8.38 Å². The van der Waals surface area contributed by atoms with Gasteiger partial charge in [0, 0.05) is 26.2 Å². The zero-order valence-corrected chi connectivity index (χ0v) is 20.9. The van der Waals surface area contributed by atoms with Crippen molar-refractivity contribution >= 4 is 26.5 Å². The Morgan fingerprint density at radius 2 is 2.15 bits per heavy atom. The Morgan fingerprint density at radius 3 is 2.82 bits per heavy atom. The highest BCUT2D eigenvalue weighted by atomic mass is 31.2. The van der Waals surface area contributed by atoms with Gasteiger partial charge in [0.25, 0.3) is 5.91 Å². The van der Waals surface area contributed by atoms with Crippen LogP contribution >= 0.6 is 8.38 Å². The Balaban J connectivity index is 2.17. The molecule has 2 amide bonds. The third-order valence-electron chi connectivity index (χ3n) is 5.08. The number of methoxy groups -OCH3 is 1. The van der Waals surface area contributed by atoms with E-state index in [2.05, 4.69) is 15.9 Å². The van der Waals surface area contributed by atoms with Crippen molar-refractivity contribution < 1.29 is 23.7 Å². The van der Waals surface area contributed by atoms with Crippen LogP contribution in [0.15, 0.2) is 24.3 Å². The quantitative estimate of drug-likeness (QED) is 0.173. The number of imidazole rings is 1. The number of aromatic nitrogens is 2. The lowest BCUT2D eigenvalue weighted by molar-refractivity contribution is -0.107. The number of hydrogen-bond donors (Lipinski definition) is 2. The van der Waals surface area contributed by atoms with Crippen molar-refractivity contribution in [1.82, 2.24) is 14.9 Å². The Kier molecular flexibility index (Phi) is 11.5. The number of benzene rings is 1. The summed E-state index contributed by atoms with van der Waals surface area (Å²) in [6.07, 6.45) is 9.09. The number of terminal acetylenes is 1. The predicted molar refractivity (Wildman–Crippen MR) is 133 cm³/mol. The summed E-state index contributed by atoms with van der Waals surface area (Å²) in [6, 6.07) is 7.74. The smallest absolute Gasteiger partial charge is 0.274 e. The normalized spacial score (nSPS) is 11.5. The molecule has 0 spiro atoms. The third kappa shape index (κ3) is 8.14. The van der Waals surface area contributed by atoms with E-state index in [-0.39, 0.29) is 24.0 Å². The fourth-order valence-corrected chi connectivity index (χ4v) is 4.25. The second kappa shape index (κ2) is 14.4. The van der Waals surface area contributed by atoms with Crippen molar-refractivity contribution in [3.63, 3.8) is 0 Å². The molecule has 0 aliphatic heterocycles. The number of nitrogens with zero attached hydrogens (tertiary/aromatic N) is 3. The molecule has 34 heavy (non-hydrogen) atoms. The summed E-state index contributed by atoms with van der Waals surface area (Å²) in [5.41, 5.74) is 1.29. The van der Waals surface area contributed by atoms with Gasteiger partial charge in [-0.1, -0.05) is 18.1 Å². The molecule has 10 heteroatoms. The van der Waals surface area contributed by atoms with Crippen LogP contribution in [0.1, 0.15) is 41.6 Å². The monoisotopic (exact) mass is 488 g/mol. The maximum atomic E-state index is 13.0. The first-order valence-corrected chi connectivity index (χ1v) is 12.5. The third-order valence-corrected chi connectivity index (χ3v) is 6.34. The average Bonchev–Trinajstić information content (AvgIpc) is 3.26. The first kappa shape index (κ1) is 27.3. The minimum Gasteiger partial charge on any atom is -0.497 e. The number of aryl methyl sites for hydroxylation is 2. The fraction of sp³-hybridized carbons (Fsp3) is 0.458. The highest BCUT2D eigenvalue weighted by Gasteiger charge is 2.24. The Bertz CT molecular complexity index is 975. The van der Waals surface area contributed by atoms with Gasteiger partial charge in [0.05, 0.1) is 20.3 Å². The summed E-state index contributed by atoms with van der Waals surface area (Å²) in [7, 11) is 1.78. The molecule has 2 aromatic rings. The molecular formula is C24H33N4O5P. The summed E-state index contributed by atoms with van der Waals surface area (Å²) < 4.78 is 10.5. The molecular weight excluding hydrogens is 455 g/mol. The molecule has 0 bridgehead atoms. The lowest BCUT2D eigenvalue weighted by atomic mass is 10.1. The number of unbranched alkanes of at least 4 members (excludes halogenated alkanes) is 1. The van der Waals surface area contributed by atoms with Crippen LogP contribution in [0, 0.1) is 12.3 Å². The Labute approximate surface area is 202 Å². The number of anilines is 1. The van der Waals surface area contributed by atoms with Crippen LogP contribution in [0.3, 0.4) is 0 Å². The van der Waals surface area contributed by atoms with Crippen LogP contribution in [0.4, 0.5) is 5.82 Å². The van der Waals surface area contributed by atoms with Gasteiger partial charge in [0.15, 0.2) is 14.2 Å². The lowest BCUT2D eigenvalue weighted by Gasteiger charge is -2.18. The van der Waals surface area contributed by atoms with Gasteiger partial charge in [-0.2, -0.15) is 0 Å². The summed E-state index contributed by atoms with van der Waals surface area (Å²) in [5.74, 6) is 3.76. The number of hydrogen-bond acceptors (Lipinski definition) is 6. The van der Waals surface area contributed by atoms with Crippen LogP contribution in [0.5, 0.6) is 5.75 Å². The van der Waals surface area contributed by atoms with Crippen LogP contribution in [-0.2, 0) is 22.2 Å². The molecule has 0 aliphatic rings. The number of H-pyrrole nitrogens is 1. The molecule has 1 aromatic carbocycles. The number of rotatable bonds is 15. The molecule has 0 saturated heterocycles. The lowest BCUT2D eigenvalue weighted by Crippen LogP contribution is -2.31. The molecule has 1 unspecified atom stereocenters. The van der Waals surface area contributed by atoms with Crippen molar-refractivity contribution in [2.24, 2.45) is 0 Å². The van der Waals surface area contributed by atoms with Crippen LogP contribution in [0.2, 0.25) is 0 Å². The number of aromatic amines is 1. The highest BCUT2D eigenvalue weighted by molar-refractivity contribution is 7.46. The SMILES string of the molecule is C#CCN(C)C(=O)c1[nH]c(CCc2cccc(OC)c2)nc1N(C=O)CCCCP(O)OCC. The maximum Gasteiger partial charge on any atom is 0.274 e. The molecule has 9 nitrogen and oxygen atoms in total. The summed E-state index contributed by atoms with van der Waals surface area (Å²) in [6.45, 7) is 2.79. The van der Waals surface area contributed by atoms with Crippen molar-refractivity contribution in [2.45, 2.75) is 32.6 Å². The zero-order chi connectivity index (χ0) is 24.9. The van der Waals surface area contributed by atoms with Gasteiger partial charge in [-0.05, 0) is 43.9 Å². The molecule has 1 aromatic heterocycles. The van der Waals surface area contributed by atoms with Gasteiger partial charge in [-0.3, -0.25) is 14.5 Å². The van der Waals surface area contributed by atoms with Gasteiger partial charge >= 0.3 is 0 Å². The minimum atomic E-state index is -1.44. The predicted octanol–water partition coefficient (Wildman–Crippen LogP) is 2.99. The fourth-order valence-electron chi connectivity index (χ4n) is 3.33. The average molecular weight is 489 g/mol. The molecule has 0 aliphatic carbocycles. The largest absolute Gasteiger partial charge is 0.497 e. The van der Waals surface area contributed by atoms with E-state index in [0.29, 0.717) is 57.2 Å². The van der Waals surface area contributed by atoms with E-state index in [4.69, 9.17) is 15.7 Å². The molecule has 1 atom stereocenters. The zero-order valence-electron chi connectivity index (χ0n) is 20.0. The molecule has 1 heterocycles. The van der Waals surface area contributed by atoms with E-state index in [1.54, 1.807) is 14.2 Å². The molecule has 0 radical (unpaired) electrons. The Hall–Kier alpha value is -2.92. The van der Waals surface area contributed by atoms with E-state index >= 15 is 0 Å². The topological polar surface area (TPSA) is 108 Å². The molecule has 2 N–H and O–H groups in total. The minimum absolute atomic E-state index is 0.134. The van der Waals surface area contributed by atoms with Gasteiger partial charge in [0.1, 0.15) is 17.3 Å². The maximum absolute atomic E-state index is 13.0. The highest BCUT2D eigenvalue weighted by Crippen LogP contribution is 2.32. The summed E-state index contributed by atoms with van der Waals surface area (Å²) in [4.78, 5) is 45.2. The van der Waals surface area contributed by atoms with Crippen molar-refractivity contribution in [1.29, 1.82) is 0 Å². The molecule has 2 rings (SSSR count). The molecule has 0 fully saturated rings. The van der Waals surface area contributed by atoms with E-state index in [1.165, 1.54) is 9.80 Å². The van der Waals surface area contributed by atoms with E-state index in [9.17, 15) is 14.5 Å². The number of carbonyl (C=O) groups excluding carboxylic acids is 2. The van der Waals surface area contributed by atoms with Gasteiger partial charge in [0.2, 0.25) is 6.41 Å². The van der Waals surface area contributed by atoms with Gasteiger partial charge in [-0.15, -0.1) is 6.42 Å². The standard InChI is InChI=1S/C24H33N4O5P/c1-5-14-27(3)24(30)22-23(28(18-29)15-7-8-16-34(31)33-6-2)26-21(25-22)13-12-19-10-9-11-20(17-19)32-4/h1,9-11,17-18,31H,6-8,12-16H2,2-4H3,(H,25,26). The molecule has 184 valence electrons. The summed E-state index contributed by atoms with van der Waals surface area (Å²) in [5, 5.41) is 0. The van der Waals surface area contributed by atoms with Gasteiger partial charge < -0.3 is 24.0 Å². The summed E-state index contributed by atoms with van der Waals surface area (Å²) >= 11 is 0. The number of nitrogens with one attached hydrogen (secondary N) is 1.